The minimum absolute atomic E-state index is 0.00185. The van der Waals surface area contributed by atoms with Gasteiger partial charge in [0.05, 0.1) is 21.9 Å². The van der Waals surface area contributed by atoms with Gasteiger partial charge in [-0.15, -0.1) is 0 Å². The first-order valence-corrected chi connectivity index (χ1v) is 7.79. The van der Waals surface area contributed by atoms with E-state index in [1.807, 2.05) is 13.0 Å². The van der Waals surface area contributed by atoms with Crippen LogP contribution in [0.25, 0.3) is 17.2 Å². The number of nitrogens with two attached hydrogens (primary N) is 1. The van der Waals surface area contributed by atoms with Crippen molar-refractivity contribution in [3.05, 3.63) is 56.7 Å². The smallest absolute Gasteiger partial charge is 0.142 e. The Balaban J connectivity index is 2.32. The number of nitriles is 2. The van der Waals surface area contributed by atoms with Crippen LogP contribution in [0.1, 0.15) is 34.9 Å². The van der Waals surface area contributed by atoms with E-state index in [0.29, 0.717) is 22.4 Å². The molecular formula is C19H13ClN4O. The lowest BCUT2D eigenvalue weighted by Gasteiger charge is -2.11. The predicted molar refractivity (Wildman–Crippen MR) is 97.3 cm³/mol. The van der Waals surface area contributed by atoms with Crippen LogP contribution in [-0.2, 0) is 0 Å². The van der Waals surface area contributed by atoms with Crippen molar-refractivity contribution in [3.63, 3.8) is 0 Å². The number of aromatic nitrogens is 1. The third kappa shape index (κ3) is 2.52. The lowest BCUT2D eigenvalue weighted by Crippen LogP contribution is -2.03. The highest BCUT2D eigenvalue weighted by molar-refractivity contribution is 6.32. The number of pyridine rings is 1. The third-order valence-corrected chi connectivity index (χ3v) is 4.57. The van der Waals surface area contributed by atoms with E-state index in [4.69, 9.17) is 17.3 Å². The molecule has 1 aromatic heterocycles. The van der Waals surface area contributed by atoms with Gasteiger partial charge in [-0.25, -0.2) is 4.98 Å². The summed E-state index contributed by atoms with van der Waals surface area (Å²) in [6.07, 6.45) is 1.86. The molecule has 25 heavy (non-hydrogen) atoms. The van der Waals surface area contributed by atoms with Crippen molar-refractivity contribution in [2.75, 3.05) is 5.73 Å². The second-order valence-corrected chi connectivity index (χ2v) is 6.12. The first-order chi connectivity index (χ1) is 11.9. The summed E-state index contributed by atoms with van der Waals surface area (Å²) in [6.45, 7) is 3.62. The van der Waals surface area contributed by atoms with Crippen molar-refractivity contribution in [1.29, 1.82) is 10.5 Å². The van der Waals surface area contributed by atoms with Crippen LogP contribution in [0, 0.1) is 29.6 Å². The number of nitrogen functional groups attached to an aromatic ring is 1. The van der Waals surface area contributed by atoms with Gasteiger partial charge in [-0.3, -0.25) is 0 Å². The van der Waals surface area contributed by atoms with Gasteiger partial charge in [-0.05, 0) is 54.3 Å². The maximum Gasteiger partial charge on any atom is 0.142 e. The number of benzene rings is 1. The summed E-state index contributed by atoms with van der Waals surface area (Å²) in [7, 11) is 0. The molecule has 0 bridgehead atoms. The third-order valence-electron chi connectivity index (χ3n) is 4.27. The Kier molecular flexibility index (Phi) is 3.96. The Bertz CT molecular complexity index is 1070. The first-order valence-electron chi connectivity index (χ1n) is 7.41. The number of rotatable bonds is 1. The highest BCUT2D eigenvalue weighted by atomic mass is 35.5. The maximum atomic E-state index is 9.57. The highest BCUT2D eigenvalue weighted by Gasteiger charge is 2.29. The van der Waals surface area contributed by atoms with Gasteiger partial charge in [-0.2, -0.15) is 10.5 Å². The van der Waals surface area contributed by atoms with Crippen LogP contribution < -0.4 is 5.73 Å². The molecule has 0 fully saturated rings. The zero-order valence-corrected chi connectivity index (χ0v) is 14.3. The standard InChI is InChI=1S/C19H13ClN4O/c1-9-12(5-11-3-4-16(25)15(20)6-11)17-10(2)14(8-22)19(23)24-18(17)13(9)7-21/h3-6,25H,1-2H3,(H2,23,24)/b12-5-. The van der Waals surface area contributed by atoms with Crippen LogP contribution in [0.3, 0.4) is 0 Å². The predicted octanol–water partition coefficient (Wildman–Crippen LogP) is 4.05. The van der Waals surface area contributed by atoms with Gasteiger partial charge < -0.3 is 10.8 Å². The number of nitrogens with zero attached hydrogens (tertiary/aromatic N) is 3. The van der Waals surface area contributed by atoms with Gasteiger partial charge in [0.15, 0.2) is 0 Å². The molecule has 3 N–H and O–H groups in total. The molecule has 0 radical (unpaired) electrons. The van der Waals surface area contributed by atoms with Crippen molar-refractivity contribution < 1.29 is 5.11 Å². The quantitative estimate of drug-likeness (QED) is 0.808. The van der Waals surface area contributed by atoms with Crippen LogP contribution in [0.4, 0.5) is 5.82 Å². The van der Waals surface area contributed by atoms with Gasteiger partial charge >= 0.3 is 0 Å². The largest absolute Gasteiger partial charge is 0.506 e. The molecular weight excluding hydrogens is 336 g/mol. The number of hydrogen-bond donors (Lipinski definition) is 2. The fraction of sp³-hybridized carbons (Fsp3) is 0.105. The molecule has 5 nitrogen and oxygen atoms in total. The zero-order valence-electron chi connectivity index (χ0n) is 13.6. The van der Waals surface area contributed by atoms with Gasteiger partial charge in [0.25, 0.3) is 0 Å². The van der Waals surface area contributed by atoms with E-state index >= 15 is 0 Å². The lowest BCUT2D eigenvalue weighted by molar-refractivity contribution is 0.475. The van der Waals surface area contributed by atoms with E-state index in [9.17, 15) is 15.6 Å². The second-order valence-electron chi connectivity index (χ2n) is 5.71. The van der Waals surface area contributed by atoms with Crippen LogP contribution >= 0.6 is 11.6 Å². The van der Waals surface area contributed by atoms with Crippen molar-refractivity contribution in [3.8, 4) is 17.9 Å². The Morgan fingerprint density at radius 1 is 1.24 bits per heavy atom. The Morgan fingerprint density at radius 3 is 2.56 bits per heavy atom. The molecule has 122 valence electrons. The molecule has 0 unspecified atom stereocenters. The molecule has 0 aliphatic heterocycles. The summed E-state index contributed by atoms with van der Waals surface area (Å²) in [4.78, 5) is 4.28. The van der Waals surface area contributed by atoms with E-state index in [0.717, 1.165) is 22.3 Å². The number of aromatic hydroxyl groups is 1. The van der Waals surface area contributed by atoms with Crippen LogP contribution in [0.15, 0.2) is 23.8 Å². The molecule has 0 saturated heterocycles. The zero-order chi connectivity index (χ0) is 18.3. The van der Waals surface area contributed by atoms with E-state index in [1.165, 1.54) is 6.07 Å². The molecule has 1 aliphatic rings. The minimum Gasteiger partial charge on any atom is -0.506 e. The molecule has 0 saturated carbocycles. The van der Waals surface area contributed by atoms with Gasteiger partial charge in [-0.1, -0.05) is 17.7 Å². The number of phenols is 1. The molecule has 3 rings (SSSR count). The topological polar surface area (TPSA) is 107 Å². The summed E-state index contributed by atoms with van der Waals surface area (Å²) in [5, 5.41) is 28.7. The average Bonchev–Trinajstić information content (AvgIpc) is 2.83. The molecule has 2 aromatic rings. The first kappa shape index (κ1) is 16.6. The molecule has 6 heteroatoms. The van der Waals surface area contributed by atoms with Gasteiger partial charge in [0, 0.05) is 5.56 Å². The SMILES string of the molecule is CC1=C(C#N)c2nc(N)c(C#N)c(C)c2/C1=C\c1ccc(O)c(Cl)c1. The van der Waals surface area contributed by atoms with Crippen molar-refractivity contribution in [1.82, 2.24) is 4.98 Å². The average molecular weight is 349 g/mol. The number of halogens is 1. The second kappa shape index (κ2) is 5.98. The summed E-state index contributed by atoms with van der Waals surface area (Å²) in [5.74, 6) is 0.117. The molecule has 1 heterocycles. The summed E-state index contributed by atoms with van der Waals surface area (Å²) in [6, 6.07) is 9.10. The van der Waals surface area contributed by atoms with E-state index in [2.05, 4.69) is 17.1 Å². The lowest BCUT2D eigenvalue weighted by atomic mass is 9.95. The van der Waals surface area contributed by atoms with E-state index in [1.54, 1.807) is 19.1 Å². The monoisotopic (exact) mass is 348 g/mol. The van der Waals surface area contributed by atoms with Crippen molar-refractivity contribution in [2.45, 2.75) is 13.8 Å². The van der Waals surface area contributed by atoms with Crippen LogP contribution in [-0.4, -0.2) is 10.1 Å². The Labute approximate surface area is 149 Å². The summed E-state index contributed by atoms with van der Waals surface area (Å²) in [5.41, 5.74) is 10.8. The summed E-state index contributed by atoms with van der Waals surface area (Å²) >= 11 is 5.98. The Morgan fingerprint density at radius 2 is 1.96 bits per heavy atom. The van der Waals surface area contributed by atoms with Gasteiger partial charge in [0.1, 0.15) is 23.7 Å². The summed E-state index contributed by atoms with van der Waals surface area (Å²) < 4.78 is 0. The fourth-order valence-corrected chi connectivity index (χ4v) is 3.16. The fourth-order valence-electron chi connectivity index (χ4n) is 2.98. The normalized spacial score (nSPS) is 14.4. The molecule has 0 atom stereocenters. The van der Waals surface area contributed by atoms with E-state index in [-0.39, 0.29) is 16.6 Å². The van der Waals surface area contributed by atoms with Crippen LogP contribution in [0.5, 0.6) is 5.75 Å². The number of allylic oxidation sites excluding steroid dienone is 3. The molecule has 0 spiro atoms. The number of phenolic OH excluding ortho intramolecular Hbond substituents is 1. The minimum atomic E-state index is -0.00185. The van der Waals surface area contributed by atoms with Crippen molar-refractivity contribution in [2.24, 2.45) is 0 Å². The molecule has 1 aliphatic carbocycles. The molecule has 1 aromatic carbocycles. The highest BCUT2D eigenvalue weighted by Crippen LogP contribution is 2.44. The number of anilines is 1. The van der Waals surface area contributed by atoms with Gasteiger partial charge in [0.2, 0.25) is 0 Å². The van der Waals surface area contributed by atoms with Crippen LogP contribution in [0.2, 0.25) is 5.02 Å². The number of fused-ring (bicyclic) bond motifs is 1. The van der Waals surface area contributed by atoms with Crippen molar-refractivity contribution >= 4 is 34.6 Å². The Hall–Kier alpha value is -3.28. The van der Waals surface area contributed by atoms with E-state index < -0.39 is 0 Å². The number of hydrogen-bond acceptors (Lipinski definition) is 5. The maximum absolute atomic E-state index is 9.57. The molecule has 0 amide bonds.